The summed E-state index contributed by atoms with van der Waals surface area (Å²) >= 11 is 0. The highest BCUT2D eigenvalue weighted by Crippen LogP contribution is 2.34. The van der Waals surface area contributed by atoms with Gasteiger partial charge in [-0.05, 0) is 88.0 Å². The van der Waals surface area contributed by atoms with Crippen molar-refractivity contribution in [3.05, 3.63) is 23.3 Å². The van der Waals surface area contributed by atoms with E-state index in [1.807, 2.05) is 0 Å². The number of hydrogen-bond donors (Lipinski definition) is 0. The zero-order valence-corrected chi connectivity index (χ0v) is 18.7. The zero-order chi connectivity index (χ0) is 20.2. The van der Waals surface area contributed by atoms with Crippen LogP contribution in [0.4, 0.5) is 0 Å². The van der Waals surface area contributed by atoms with Gasteiger partial charge in [0.25, 0.3) is 0 Å². The van der Waals surface area contributed by atoms with Crippen LogP contribution in [0.5, 0.6) is 11.5 Å². The Morgan fingerprint density at radius 2 is 1.59 bits per heavy atom. The molecule has 0 amide bonds. The van der Waals surface area contributed by atoms with E-state index < -0.39 is 0 Å². The Kier molecular flexibility index (Phi) is 6.99. The molecule has 29 heavy (non-hydrogen) atoms. The first kappa shape index (κ1) is 21.0. The maximum absolute atomic E-state index is 5.55. The quantitative estimate of drug-likeness (QED) is 0.729. The van der Waals surface area contributed by atoms with Crippen LogP contribution >= 0.6 is 0 Å². The average Bonchev–Trinajstić information content (AvgIpc) is 2.78. The van der Waals surface area contributed by atoms with Crippen molar-refractivity contribution in [3.8, 4) is 11.5 Å². The van der Waals surface area contributed by atoms with Crippen molar-refractivity contribution < 1.29 is 9.47 Å². The summed E-state index contributed by atoms with van der Waals surface area (Å²) in [6.07, 6.45) is 7.78. The van der Waals surface area contributed by atoms with Crippen LogP contribution in [-0.2, 0) is 13.0 Å². The van der Waals surface area contributed by atoms with Gasteiger partial charge >= 0.3 is 0 Å². The van der Waals surface area contributed by atoms with Gasteiger partial charge < -0.3 is 14.4 Å². The second-order valence-electron chi connectivity index (χ2n) is 9.06. The number of hydrogen-bond acceptors (Lipinski definition) is 5. The number of piperidine rings is 2. The highest BCUT2D eigenvalue weighted by molar-refractivity contribution is 5.48. The molecule has 5 heteroatoms. The number of fused-ring (bicyclic) bond motifs is 1. The Labute approximate surface area is 176 Å². The van der Waals surface area contributed by atoms with Gasteiger partial charge in [-0.2, -0.15) is 0 Å². The van der Waals surface area contributed by atoms with Gasteiger partial charge in [-0.1, -0.05) is 6.92 Å². The molecule has 162 valence electrons. The predicted molar refractivity (Wildman–Crippen MR) is 118 cm³/mol. The van der Waals surface area contributed by atoms with E-state index in [4.69, 9.17) is 9.47 Å². The summed E-state index contributed by atoms with van der Waals surface area (Å²) in [6, 6.07) is 5.87. The van der Waals surface area contributed by atoms with Crippen molar-refractivity contribution in [1.82, 2.24) is 14.7 Å². The second kappa shape index (κ2) is 9.67. The van der Waals surface area contributed by atoms with Gasteiger partial charge in [0, 0.05) is 31.7 Å². The van der Waals surface area contributed by atoms with Crippen LogP contribution in [0, 0.1) is 0 Å². The first-order valence-corrected chi connectivity index (χ1v) is 11.7. The predicted octanol–water partition coefficient (Wildman–Crippen LogP) is 3.40. The first-order chi connectivity index (χ1) is 14.2. The molecule has 3 heterocycles. The maximum Gasteiger partial charge on any atom is 0.161 e. The van der Waals surface area contributed by atoms with Gasteiger partial charge in [0.15, 0.2) is 11.5 Å². The van der Waals surface area contributed by atoms with Crippen molar-refractivity contribution in [2.75, 3.05) is 53.5 Å². The number of nitrogens with zero attached hydrogens (tertiary/aromatic N) is 3. The van der Waals surface area contributed by atoms with Crippen molar-refractivity contribution in [3.63, 3.8) is 0 Å². The molecule has 2 saturated heterocycles. The summed E-state index contributed by atoms with van der Waals surface area (Å²) in [4.78, 5) is 8.20. The van der Waals surface area contributed by atoms with Gasteiger partial charge in [-0.25, -0.2) is 0 Å². The number of rotatable bonds is 6. The fraction of sp³-hybridized carbons (Fsp3) is 0.750. The molecular weight excluding hydrogens is 362 g/mol. The number of benzene rings is 1. The molecule has 0 aromatic heterocycles. The standard InChI is InChI=1S/C24H39N3O2/c1-4-10-25-12-8-21(9-13-25)26-11-5-6-22(18-26)27-14-7-19-15-23(28-2)24(29-3)16-20(19)17-27/h15-16,21-22H,4-14,17-18H2,1-3H3. The molecule has 0 saturated carbocycles. The van der Waals surface area contributed by atoms with Crippen LogP contribution in [-0.4, -0.2) is 80.3 Å². The maximum atomic E-state index is 5.55. The molecule has 3 aliphatic rings. The largest absolute Gasteiger partial charge is 0.493 e. The van der Waals surface area contributed by atoms with Crippen LogP contribution in [0.3, 0.4) is 0 Å². The lowest BCUT2D eigenvalue weighted by Crippen LogP contribution is -2.54. The SMILES string of the molecule is CCCN1CCC(N2CCCC(N3CCc4cc(OC)c(OC)cc4C3)C2)CC1. The number of ether oxygens (including phenoxy) is 2. The Morgan fingerprint density at radius 3 is 2.28 bits per heavy atom. The average molecular weight is 402 g/mol. The van der Waals surface area contributed by atoms with Crippen molar-refractivity contribution in [2.24, 2.45) is 0 Å². The molecule has 1 aromatic rings. The lowest BCUT2D eigenvalue weighted by atomic mass is 9.93. The van der Waals surface area contributed by atoms with Gasteiger partial charge in [-0.3, -0.25) is 9.80 Å². The molecule has 5 nitrogen and oxygen atoms in total. The molecule has 1 unspecified atom stereocenters. The highest BCUT2D eigenvalue weighted by atomic mass is 16.5. The first-order valence-electron chi connectivity index (χ1n) is 11.7. The second-order valence-corrected chi connectivity index (χ2v) is 9.06. The van der Waals surface area contributed by atoms with E-state index in [-0.39, 0.29) is 0 Å². The molecule has 4 rings (SSSR count). The normalized spacial score (nSPS) is 25.0. The third-order valence-corrected chi connectivity index (χ3v) is 7.31. The van der Waals surface area contributed by atoms with E-state index in [9.17, 15) is 0 Å². The van der Waals surface area contributed by atoms with Gasteiger partial charge in [0.2, 0.25) is 0 Å². The molecule has 1 atom stereocenters. The minimum absolute atomic E-state index is 0.693. The summed E-state index contributed by atoms with van der Waals surface area (Å²) in [5, 5.41) is 0. The smallest absolute Gasteiger partial charge is 0.161 e. The fourth-order valence-corrected chi connectivity index (χ4v) is 5.65. The number of likely N-dealkylation sites (tertiary alicyclic amines) is 2. The van der Waals surface area contributed by atoms with Crippen molar-refractivity contribution in [1.29, 1.82) is 0 Å². The molecule has 0 spiro atoms. The van der Waals surface area contributed by atoms with E-state index in [1.165, 1.54) is 76.0 Å². The van der Waals surface area contributed by atoms with Crippen LogP contribution in [0.2, 0.25) is 0 Å². The molecule has 0 N–H and O–H groups in total. The summed E-state index contributed by atoms with van der Waals surface area (Å²) < 4.78 is 11.1. The van der Waals surface area contributed by atoms with Gasteiger partial charge in [-0.15, -0.1) is 0 Å². The summed E-state index contributed by atoms with van der Waals surface area (Å²) in [5.41, 5.74) is 2.84. The molecular formula is C24H39N3O2. The van der Waals surface area contributed by atoms with Gasteiger partial charge in [0.05, 0.1) is 14.2 Å². The van der Waals surface area contributed by atoms with Crippen LogP contribution < -0.4 is 9.47 Å². The molecule has 0 radical (unpaired) electrons. The third kappa shape index (κ3) is 4.73. The van der Waals surface area contributed by atoms with Crippen molar-refractivity contribution in [2.45, 2.75) is 64.1 Å². The molecule has 2 fully saturated rings. The molecule has 0 aliphatic carbocycles. The lowest BCUT2D eigenvalue weighted by Gasteiger charge is -2.46. The summed E-state index contributed by atoms with van der Waals surface area (Å²) in [7, 11) is 3.46. The topological polar surface area (TPSA) is 28.2 Å². The van der Waals surface area contributed by atoms with E-state index in [0.29, 0.717) is 6.04 Å². The Hall–Kier alpha value is -1.30. The van der Waals surface area contributed by atoms with E-state index in [2.05, 4.69) is 33.8 Å². The molecule has 3 aliphatic heterocycles. The number of methoxy groups -OCH3 is 2. The van der Waals surface area contributed by atoms with E-state index in [0.717, 1.165) is 37.1 Å². The zero-order valence-electron chi connectivity index (χ0n) is 18.7. The molecule has 1 aromatic carbocycles. The fourth-order valence-electron chi connectivity index (χ4n) is 5.65. The minimum Gasteiger partial charge on any atom is -0.493 e. The van der Waals surface area contributed by atoms with Gasteiger partial charge in [0.1, 0.15) is 0 Å². The summed E-state index contributed by atoms with van der Waals surface area (Å²) in [5.74, 6) is 1.72. The minimum atomic E-state index is 0.693. The Morgan fingerprint density at radius 1 is 0.862 bits per heavy atom. The van der Waals surface area contributed by atoms with E-state index >= 15 is 0 Å². The monoisotopic (exact) mass is 401 g/mol. The highest BCUT2D eigenvalue weighted by Gasteiger charge is 2.32. The Balaban J connectivity index is 1.37. The third-order valence-electron chi connectivity index (χ3n) is 7.31. The molecule has 0 bridgehead atoms. The lowest BCUT2D eigenvalue weighted by molar-refractivity contribution is 0.0390. The van der Waals surface area contributed by atoms with E-state index in [1.54, 1.807) is 14.2 Å². The Bertz CT molecular complexity index is 672. The van der Waals surface area contributed by atoms with Crippen LogP contribution in [0.25, 0.3) is 0 Å². The van der Waals surface area contributed by atoms with Crippen LogP contribution in [0.15, 0.2) is 12.1 Å². The van der Waals surface area contributed by atoms with Crippen LogP contribution in [0.1, 0.15) is 50.2 Å². The summed E-state index contributed by atoms with van der Waals surface area (Å²) in [6.45, 7) is 10.9. The van der Waals surface area contributed by atoms with Crippen molar-refractivity contribution >= 4 is 0 Å².